The van der Waals surface area contributed by atoms with E-state index in [1.54, 1.807) is 6.92 Å². The lowest BCUT2D eigenvalue weighted by Gasteiger charge is -2.11. The molecule has 0 aliphatic heterocycles. The molecule has 3 nitrogen and oxygen atoms in total. The molecule has 0 saturated carbocycles. The van der Waals surface area contributed by atoms with Crippen molar-refractivity contribution in [1.29, 1.82) is 0 Å². The van der Waals surface area contributed by atoms with Crippen LogP contribution < -0.4 is 0 Å². The van der Waals surface area contributed by atoms with Crippen molar-refractivity contribution in [3.8, 4) is 0 Å². The first-order chi connectivity index (χ1) is 7.20. The van der Waals surface area contributed by atoms with Crippen LogP contribution in [0.5, 0.6) is 0 Å². The van der Waals surface area contributed by atoms with Gasteiger partial charge in [0.25, 0.3) is 0 Å². The van der Waals surface area contributed by atoms with Crippen LogP contribution in [0.1, 0.15) is 52.9 Å². The maximum atomic E-state index is 11.0. The van der Waals surface area contributed by atoms with E-state index in [1.165, 1.54) is 25.7 Å². The molecule has 0 aromatic heterocycles. The summed E-state index contributed by atoms with van der Waals surface area (Å²) in [7, 11) is 0. The molecule has 3 heteroatoms. The molecule has 0 aliphatic carbocycles. The summed E-state index contributed by atoms with van der Waals surface area (Å²) in [6, 6.07) is 0. The molecular formula is C12H24O3. The van der Waals surface area contributed by atoms with Crippen LogP contribution in [0.3, 0.4) is 0 Å². The Labute approximate surface area is 93.1 Å². The van der Waals surface area contributed by atoms with Gasteiger partial charge in [0.2, 0.25) is 0 Å². The van der Waals surface area contributed by atoms with Crippen LogP contribution in [0, 0.1) is 0 Å². The zero-order chi connectivity index (χ0) is 11.5. The Kier molecular flexibility index (Phi) is 9.59. The molecule has 1 unspecified atom stereocenters. The second kappa shape index (κ2) is 9.97. The SMILES string of the molecule is CCCCCCC(C)OCC(=O)OCC. The molecule has 0 fully saturated rings. The van der Waals surface area contributed by atoms with Gasteiger partial charge in [-0.2, -0.15) is 0 Å². The summed E-state index contributed by atoms with van der Waals surface area (Å²) in [6.07, 6.45) is 6.15. The lowest BCUT2D eigenvalue weighted by Crippen LogP contribution is -2.17. The summed E-state index contributed by atoms with van der Waals surface area (Å²) >= 11 is 0. The smallest absolute Gasteiger partial charge is 0.332 e. The first-order valence-corrected chi connectivity index (χ1v) is 5.97. The van der Waals surface area contributed by atoms with Gasteiger partial charge in [0.05, 0.1) is 12.7 Å². The Morgan fingerprint density at radius 2 is 1.93 bits per heavy atom. The number of carbonyl (C=O) groups excluding carboxylic acids is 1. The summed E-state index contributed by atoms with van der Waals surface area (Å²) in [5.41, 5.74) is 0. The van der Waals surface area contributed by atoms with Gasteiger partial charge >= 0.3 is 5.97 Å². The fraction of sp³-hybridized carbons (Fsp3) is 0.917. The lowest BCUT2D eigenvalue weighted by molar-refractivity contribution is -0.150. The lowest BCUT2D eigenvalue weighted by atomic mass is 10.1. The molecule has 0 N–H and O–H groups in total. The highest BCUT2D eigenvalue weighted by molar-refractivity contribution is 5.70. The largest absolute Gasteiger partial charge is 0.464 e. The Bertz CT molecular complexity index is 157. The second-order valence-corrected chi connectivity index (χ2v) is 3.78. The third-order valence-electron chi connectivity index (χ3n) is 2.26. The predicted molar refractivity (Wildman–Crippen MR) is 60.8 cm³/mol. The normalized spacial score (nSPS) is 12.5. The summed E-state index contributed by atoms with van der Waals surface area (Å²) in [5.74, 6) is -0.266. The van der Waals surface area contributed by atoms with E-state index >= 15 is 0 Å². The van der Waals surface area contributed by atoms with Gasteiger partial charge in [-0.25, -0.2) is 4.79 Å². The minimum absolute atomic E-state index is 0.0861. The summed E-state index contributed by atoms with van der Waals surface area (Å²) in [4.78, 5) is 11.0. The van der Waals surface area contributed by atoms with E-state index in [0.717, 1.165) is 6.42 Å². The fourth-order valence-electron chi connectivity index (χ4n) is 1.35. The quantitative estimate of drug-likeness (QED) is 0.439. The molecule has 90 valence electrons. The van der Waals surface area contributed by atoms with E-state index in [9.17, 15) is 4.79 Å². The number of hydrogen-bond acceptors (Lipinski definition) is 3. The van der Waals surface area contributed by atoms with Gasteiger partial charge in [-0.05, 0) is 20.3 Å². The Balaban J connectivity index is 3.32. The van der Waals surface area contributed by atoms with Crippen molar-refractivity contribution in [2.24, 2.45) is 0 Å². The Morgan fingerprint density at radius 3 is 2.53 bits per heavy atom. The zero-order valence-electron chi connectivity index (χ0n) is 10.3. The first kappa shape index (κ1) is 14.4. The highest BCUT2D eigenvalue weighted by Crippen LogP contribution is 2.07. The summed E-state index contributed by atoms with van der Waals surface area (Å²) < 4.78 is 10.1. The van der Waals surface area contributed by atoms with Crippen molar-refractivity contribution < 1.29 is 14.3 Å². The fourth-order valence-corrected chi connectivity index (χ4v) is 1.35. The third kappa shape index (κ3) is 9.73. The van der Waals surface area contributed by atoms with E-state index in [0.29, 0.717) is 6.61 Å². The van der Waals surface area contributed by atoms with Gasteiger partial charge in [0, 0.05) is 0 Å². The second-order valence-electron chi connectivity index (χ2n) is 3.78. The minimum Gasteiger partial charge on any atom is -0.464 e. The van der Waals surface area contributed by atoms with Gasteiger partial charge in [-0.1, -0.05) is 32.6 Å². The van der Waals surface area contributed by atoms with Crippen LogP contribution >= 0.6 is 0 Å². The average Bonchev–Trinajstić information content (AvgIpc) is 2.22. The van der Waals surface area contributed by atoms with Crippen molar-refractivity contribution >= 4 is 5.97 Å². The maximum absolute atomic E-state index is 11.0. The van der Waals surface area contributed by atoms with E-state index in [4.69, 9.17) is 9.47 Å². The molecule has 0 aliphatic rings. The van der Waals surface area contributed by atoms with Crippen molar-refractivity contribution in [3.63, 3.8) is 0 Å². The number of carbonyl (C=O) groups is 1. The highest BCUT2D eigenvalue weighted by atomic mass is 16.6. The number of ether oxygens (including phenoxy) is 2. The van der Waals surface area contributed by atoms with Crippen molar-refractivity contribution in [2.75, 3.05) is 13.2 Å². The molecule has 0 bridgehead atoms. The van der Waals surface area contributed by atoms with Crippen molar-refractivity contribution in [2.45, 2.75) is 59.0 Å². The minimum atomic E-state index is -0.266. The van der Waals surface area contributed by atoms with E-state index in [2.05, 4.69) is 6.92 Å². The molecule has 0 spiro atoms. The van der Waals surface area contributed by atoms with Crippen LogP contribution in [-0.4, -0.2) is 25.3 Å². The van der Waals surface area contributed by atoms with E-state index < -0.39 is 0 Å². The number of unbranched alkanes of at least 4 members (excludes halogenated alkanes) is 3. The molecule has 0 heterocycles. The molecule has 0 saturated heterocycles. The van der Waals surface area contributed by atoms with Crippen LogP contribution in [0.2, 0.25) is 0 Å². The number of esters is 1. The Hall–Kier alpha value is -0.570. The van der Waals surface area contributed by atoms with Crippen molar-refractivity contribution in [1.82, 2.24) is 0 Å². The van der Waals surface area contributed by atoms with Gasteiger partial charge in [-0.15, -0.1) is 0 Å². The molecular weight excluding hydrogens is 192 g/mol. The van der Waals surface area contributed by atoms with Gasteiger partial charge in [0.15, 0.2) is 0 Å². The predicted octanol–water partition coefficient (Wildman–Crippen LogP) is 2.93. The van der Waals surface area contributed by atoms with E-state index in [1.807, 2.05) is 6.92 Å². The molecule has 15 heavy (non-hydrogen) atoms. The van der Waals surface area contributed by atoms with Crippen LogP contribution in [0.15, 0.2) is 0 Å². The van der Waals surface area contributed by atoms with Gasteiger partial charge in [0.1, 0.15) is 6.61 Å². The van der Waals surface area contributed by atoms with Crippen molar-refractivity contribution in [3.05, 3.63) is 0 Å². The molecule has 1 atom stereocenters. The third-order valence-corrected chi connectivity index (χ3v) is 2.26. The maximum Gasteiger partial charge on any atom is 0.332 e. The molecule has 0 aromatic carbocycles. The summed E-state index contributed by atoms with van der Waals surface area (Å²) in [6.45, 7) is 6.51. The first-order valence-electron chi connectivity index (χ1n) is 5.97. The monoisotopic (exact) mass is 216 g/mol. The molecule has 0 amide bonds. The van der Waals surface area contributed by atoms with Gasteiger partial charge < -0.3 is 9.47 Å². The summed E-state index contributed by atoms with van der Waals surface area (Å²) in [5, 5.41) is 0. The topological polar surface area (TPSA) is 35.5 Å². The van der Waals surface area contributed by atoms with Crippen LogP contribution in [0.25, 0.3) is 0 Å². The zero-order valence-corrected chi connectivity index (χ0v) is 10.3. The standard InChI is InChI=1S/C12H24O3/c1-4-6-7-8-9-11(3)15-10-12(13)14-5-2/h11H,4-10H2,1-3H3. The molecule has 0 radical (unpaired) electrons. The van der Waals surface area contributed by atoms with Crippen LogP contribution in [-0.2, 0) is 14.3 Å². The molecule has 0 rings (SSSR count). The average molecular weight is 216 g/mol. The number of hydrogen-bond donors (Lipinski definition) is 0. The molecule has 0 aromatic rings. The van der Waals surface area contributed by atoms with Crippen LogP contribution in [0.4, 0.5) is 0 Å². The van der Waals surface area contributed by atoms with E-state index in [-0.39, 0.29) is 18.7 Å². The van der Waals surface area contributed by atoms with Gasteiger partial charge in [-0.3, -0.25) is 0 Å². The highest BCUT2D eigenvalue weighted by Gasteiger charge is 2.06. The number of rotatable bonds is 9. The Morgan fingerprint density at radius 1 is 1.20 bits per heavy atom.